The van der Waals surface area contributed by atoms with Crippen molar-refractivity contribution in [1.82, 2.24) is 14.6 Å². The lowest BCUT2D eigenvalue weighted by molar-refractivity contribution is 0.314. The average molecular weight is 406 g/mol. The number of piperidine rings is 1. The van der Waals surface area contributed by atoms with Gasteiger partial charge in [-0.2, -0.15) is 4.31 Å². The summed E-state index contributed by atoms with van der Waals surface area (Å²) in [5.41, 5.74) is 0.730. The molecule has 4 rings (SSSR count). The molecule has 0 atom stereocenters. The quantitative estimate of drug-likeness (QED) is 0.641. The molecule has 2 heterocycles. The first-order valence-corrected chi connectivity index (χ1v) is 10.9. The van der Waals surface area contributed by atoms with Crippen LogP contribution in [0.1, 0.15) is 19.3 Å². The van der Waals surface area contributed by atoms with E-state index in [2.05, 4.69) is 10.3 Å². The molecule has 142 valence electrons. The van der Waals surface area contributed by atoms with Crippen molar-refractivity contribution in [3.63, 3.8) is 0 Å². The summed E-state index contributed by atoms with van der Waals surface area (Å²) < 4.78 is 37.7. The van der Waals surface area contributed by atoms with Crippen LogP contribution >= 0.6 is 11.8 Å². The number of hydrogen-bond donors (Lipinski definition) is 0. The monoisotopic (exact) mass is 405 g/mol. The second kappa shape index (κ2) is 7.49. The zero-order valence-corrected chi connectivity index (χ0v) is 16.4. The summed E-state index contributed by atoms with van der Waals surface area (Å²) in [6.07, 6.45) is 2.82. The van der Waals surface area contributed by atoms with E-state index in [4.69, 9.17) is 9.37 Å². The molecule has 1 aliphatic heterocycles. The maximum absolute atomic E-state index is 13.0. The minimum absolute atomic E-state index is 0.153. The van der Waals surface area contributed by atoms with E-state index in [1.807, 2.05) is 24.3 Å². The highest BCUT2D eigenvalue weighted by Crippen LogP contribution is 2.36. The lowest BCUT2D eigenvalue weighted by Crippen LogP contribution is -2.35. The third kappa shape index (κ3) is 3.54. The van der Waals surface area contributed by atoms with Crippen LogP contribution in [-0.4, -0.2) is 43.2 Å². The first-order chi connectivity index (χ1) is 13.1. The zero-order valence-electron chi connectivity index (χ0n) is 14.8. The third-order valence-electron chi connectivity index (χ3n) is 4.56. The van der Waals surface area contributed by atoms with Gasteiger partial charge in [0.05, 0.1) is 7.11 Å². The van der Waals surface area contributed by atoms with Crippen LogP contribution < -0.4 is 4.74 Å². The first-order valence-electron chi connectivity index (χ1n) is 8.67. The summed E-state index contributed by atoms with van der Waals surface area (Å²) in [6, 6.07) is 11.0. The first kappa shape index (κ1) is 18.3. The zero-order chi connectivity index (χ0) is 18.9. The molecule has 0 spiro atoms. The fraction of sp³-hybridized carbons (Fsp3) is 0.333. The summed E-state index contributed by atoms with van der Waals surface area (Å²) in [5.74, 6) is 0.774. The fourth-order valence-electron chi connectivity index (χ4n) is 3.13. The Morgan fingerprint density at radius 2 is 1.70 bits per heavy atom. The van der Waals surface area contributed by atoms with Gasteiger partial charge in [0.2, 0.25) is 10.0 Å². The van der Waals surface area contributed by atoms with E-state index in [1.165, 1.54) is 16.1 Å². The van der Waals surface area contributed by atoms with Gasteiger partial charge in [0.25, 0.3) is 0 Å². The Kier molecular flexibility index (Phi) is 5.07. The summed E-state index contributed by atoms with van der Waals surface area (Å²) in [5, 5.41) is 7.84. The lowest BCUT2D eigenvalue weighted by atomic mass is 10.2. The Labute approximate surface area is 161 Å². The van der Waals surface area contributed by atoms with Gasteiger partial charge in [-0.25, -0.2) is 13.0 Å². The van der Waals surface area contributed by atoms with Gasteiger partial charge in [-0.1, -0.05) is 18.2 Å². The highest BCUT2D eigenvalue weighted by Gasteiger charge is 2.30. The molecule has 2 aromatic carbocycles. The minimum Gasteiger partial charge on any atom is -0.497 e. The lowest BCUT2D eigenvalue weighted by Gasteiger charge is -2.25. The van der Waals surface area contributed by atoms with Gasteiger partial charge in [0.15, 0.2) is 11.0 Å². The molecule has 27 heavy (non-hydrogen) atoms. The molecule has 1 saturated heterocycles. The number of benzene rings is 2. The molecular formula is C18H19N3O4S2. The van der Waals surface area contributed by atoms with Crippen molar-refractivity contribution in [3.8, 4) is 5.75 Å². The molecule has 3 aromatic rings. The van der Waals surface area contributed by atoms with Crippen LogP contribution in [0.15, 0.2) is 55.7 Å². The third-order valence-corrected chi connectivity index (χ3v) is 7.55. The number of ether oxygens (including phenoxy) is 1. The Hall–Kier alpha value is -2.10. The van der Waals surface area contributed by atoms with Gasteiger partial charge in [0.1, 0.15) is 10.6 Å². The van der Waals surface area contributed by atoms with Crippen molar-refractivity contribution in [2.45, 2.75) is 33.9 Å². The largest absolute Gasteiger partial charge is 0.497 e. The van der Waals surface area contributed by atoms with Crippen LogP contribution in [0.2, 0.25) is 0 Å². The molecule has 0 bridgehead atoms. The van der Waals surface area contributed by atoms with Crippen LogP contribution in [0.4, 0.5) is 0 Å². The molecule has 7 nitrogen and oxygen atoms in total. The number of rotatable bonds is 5. The van der Waals surface area contributed by atoms with Crippen LogP contribution in [-0.2, 0) is 10.0 Å². The van der Waals surface area contributed by atoms with Gasteiger partial charge in [0, 0.05) is 22.9 Å². The number of fused-ring (bicyclic) bond motifs is 1. The van der Waals surface area contributed by atoms with Crippen molar-refractivity contribution >= 4 is 32.8 Å². The Morgan fingerprint density at radius 1 is 1.00 bits per heavy atom. The van der Waals surface area contributed by atoms with Crippen molar-refractivity contribution in [2.75, 3.05) is 20.2 Å². The summed E-state index contributed by atoms with van der Waals surface area (Å²) in [6.45, 7) is 1.08. The fourth-order valence-corrected chi connectivity index (χ4v) is 5.65. The molecule has 1 fully saturated rings. The van der Waals surface area contributed by atoms with E-state index in [0.717, 1.165) is 34.8 Å². The van der Waals surface area contributed by atoms with Crippen LogP contribution in [0.25, 0.3) is 11.0 Å². The molecule has 0 saturated carbocycles. The minimum atomic E-state index is -3.61. The van der Waals surface area contributed by atoms with Crippen molar-refractivity contribution in [2.24, 2.45) is 0 Å². The SMILES string of the molecule is COc1ccc(Sc2ccc(S(=O)(=O)N3CCCCC3)c3nonc23)cc1. The van der Waals surface area contributed by atoms with E-state index >= 15 is 0 Å². The summed E-state index contributed by atoms with van der Waals surface area (Å²) >= 11 is 1.47. The van der Waals surface area contributed by atoms with Crippen LogP contribution in [0, 0.1) is 0 Å². The van der Waals surface area contributed by atoms with E-state index in [9.17, 15) is 8.42 Å². The predicted molar refractivity (Wildman–Crippen MR) is 102 cm³/mol. The molecule has 0 amide bonds. The number of methoxy groups -OCH3 is 1. The highest BCUT2D eigenvalue weighted by molar-refractivity contribution is 7.99. The number of sulfonamides is 1. The van der Waals surface area contributed by atoms with Gasteiger partial charge in [-0.05, 0) is 59.6 Å². The molecule has 1 aliphatic rings. The normalized spacial score (nSPS) is 15.9. The molecule has 0 N–H and O–H groups in total. The van der Waals surface area contributed by atoms with Gasteiger partial charge < -0.3 is 4.74 Å². The molecule has 9 heteroatoms. The second-order valence-electron chi connectivity index (χ2n) is 6.27. The molecular weight excluding hydrogens is 386 g/mol. The molecule has 0 radical (unpaired) electrons. The standard InChI is InChI=1S/C18H19N3O4S2/c1-24-13-5-7-14(8-6-13)26-15-9-10-16(18-17(15)19-25-20-18)27(22,23)21-11-3-2-4-12-21/h5-10H,2-4,11-12H2,1H3. The van der Waals surface area contributed by atoms with Gasteiger partial charge in [-0.15, -0.1) is 0 Å². The molecule has 1 aromatic heterocycles. The molecule has 0 unspecified atom stereocenters. The topological polar surface area (TPSA) is 85.5 Å². The maximum atomic E-state index is 13.0. The van der Waals surface area contributed by atoms with Crippen molar-refractivity contribution < 1.29 is 17.8 Å². The van der Waals surface area contributed by atoms with Crippen LogP contribution in [0.5, 0.6) is 5.75 Å². The van der Waals surface area contributed by atoms with Crippen molar-refractivity contribution in [3.05, 3.63) is 36.4 Å². The van der Waals surface area contributed by atoms with E-state index < -0.39 is 10.0 Å². The van der Waals surface area contributed by atoms with E-state index in [1.54, 1.807) is 19.2 Å². The van der Waals surface area contributed by atoms with Crippen LogP contribution in [0.3, 0.4) is 0 Å². The molecule has 0 aliphatic carbocycles. The summed E-state index contributed by atoms with van der Waals surface area (Å²) in [7, 11) is -1.99. The number of nitrogens with zero attached hydrogens (tertiary/aromatic N) is 3. The van der Waals surface area contributed by atoms with E-state index in [-0.39, 0.29) is 10.4 Å². The smallest absolute Gasteiger partial charge is 0.245 e. The Balaban J connectivity index is 1.69. The van der Waals surface area contributed by atoms with Gasteiger partial charge in [-0.3, -0.25) is 0 Å². The Bertz CT molecular complexity index is 1040. The maximum Gasteiger partial charge on any atom is 0.245 e. The summed E-state index contributed by atoms with van der Waals surface area (Å²) in [4.78, 5) is 1.92. The second-order valence-corrected chi connectivity index (χ2v) is 9.29. The van der Waals surface area contributed by atoms with E-state index in [0.29, 0.717) is 18.6 Å². The average Bonchev–Trinajstić information content (AvgIpc) is 3.19. The Morgan fingerprint density at radius 3 is 2.41 bits per heavy atom. The van der Waals surface area contributed by atoms with Gasteiger partial charge >= 0.3 is 0 Å². The number of hydrogen-bond acceptors (Lipinski definition) is 7. The number of aromatic nitrogens is 2. The van der Waals surface area contributed by atoms with Crippen molar-refractivity contribution in [1.29, 1.82) is 0 Å². The highest BCUT2D eigenvalue weighted by atomic mass is 32.2. The predicted octanol–water partition coefficient (Wildman–Crippen LogP) is 3.56.